The fourth-order valence-electron chi connectivity index (χ4n) is 8.04. The first-order chi connectivity index (χ1) is 28.2. The number of carbonyl (C=O) groups is 4. The zero-order chi connectivity index (χ0) is 44.2. The second-order valence-electron chi connectivity index (χ2n) is 15.8. The van der Waals surface area contributed by atoms with Gasteiger partial charge in [-0.15, -0.1) is 0 Å². The Labute approximate surface area is 450 Å². The van der Waals surface area contributed by atoms with Gasteiger partial charge in [0.2, 0.25) is 17.3 Å². The van der Waals surface area contributed by atoms with Gasteiger partial charge in [-0.3, -0.25) is 19.2 Å². The summed E-state index contributed by atoms with van der Waals surface area (Å²) in [7, 11) is -4.82. The summed E-state index contributed by atoms with van der Waals surface area (Å²) >= 11 is -2.83. The van der Waals surface area contributed by atoms with E-state index in [-0.39, 0.29) is 158 Å². The van der Waals surface area contributed by atoms with Gasteiger partial charge in [0.25, 0.3) is 0 Å². The van der Waals surface area contributed by atoms with Crippen LogP contribution in [0.3, 0.4) is 0 Å². The molecule has 0 radical (unpaired) electrons. The van der Waals surface area contributed by atoms with Crippen LogP contribution in [0, 0.1) is 0 Å². The molecule has 15 nitrogen and oxygen atoms in total. The second-order valence-corrected chi connectivity index (χ2v) is 17.7. The molecule has 3 aliphatic rings. The SMILES string of the molecule is CCOC(=O)CCCCCN1/C(=C/C2=C(O)C(=CC3=[N+](CCCCCC(=O)OCC)c4ccc(OS(=O)[O-])cc4C3(C)C)C(=O)C2=O)C(C)(C)c2cc(S(=O)(=O)[O-])ccc21.[K+].[K+]. The smallest absolute Gasteiger partial charge is 0.744 e. The summed E-state index contributed by atoms with van der Waals surface area (Å²) in [6, 6.07) is 8.84. The van der Waals surface area contributed by atoms with Crippen molar-refractivity contribution in [1.82, 2.24) is 0 Å². The quantitative estimate of drug-likeness (QED) is 0.0286. The van der Waals surface area contributed by atoms with E-state index in [1.165, 1.54) is 36.4 Å². The maximum atomic E-state index is 13.9. The Morgan fingerprint density at radius 3 is 2.03 bits per heavy atom. The molecule has 19 heteroatoms. The van der Waals surface area contributed by atoms with E-state index >= 15 is 0 Å². The molecule has 1 unspecified atom stereocenters. The van der Waals surface area contributed by atoms with Crippen molar-refractivity contribution in [1.29, 1.82) is 0 Å². The summed E-state index contributed by atoms with van der Waals surface area (Å²) < 4.78 is 75.9. The number of Topliss-reactive ketones (excluding diaryl/α,β-unsaturated/α-hetero) is 2. The Kier molecular flexibility index (Phi) is 20.4. The van der Waals surface area contributed by atoms with Crippen molar-refractivity contribution in [2.24, 2.45) is 0 Å². The van der Waals surface area contributed by atoms with E-state index in [0.717, 1.165) is 0 Å². The third-order valence-corrected chi connectivity index (χ3v) is 12.2. The molecule has 62 heavy (non-hydrogen) atoms. The maximum absolute atomic E-state index is 13.9. The van der Waals surface area contributed by atoms with Crippen LogP contribution in [-0.4, -0.2) is 86.9 Å². The van der Waals surface area contributed by atoms with Gasteiger partial charge in [-0.2, -0.15) is 4.58 Å². The largest absolute Gasteiger partial charge is 1.00 e. The molecule has 2 aromatic rings. The molecule has 0 bridgehead atoms. The van der Waals surface area contributed by atoms with E-state index in [1.807, 2.05) is 23.3 Å². The molecule has 0 saturated carbocycles. The van der Waals surface area contributed by atoms with Crippen molar-refractivity contribution < 1.29 is 167 Å². The number of benzene rings is 2. The number of ether oxygens (including phenoxy) is 2. The second kappa shape index (κ2) is 23.2. The van der Waals surface area contributed by atoms with Gasteiger partial charge in [0, 0.05) is 60.3 Å². The molecule has 1 atom stereocenters. The van der Waals surface area contributed by atoms with E-state index in [1.54, 1.807) is 39.8 Å². The molecule has 324 valence electrons. The van der Waals surface area contributed by atoms with E-state index in [0.29, 0.717) is 85.5 Å². The minimum Gasteiger partial charge on any atom is -0.744 e. The zero-order valence-corrected chi connectivity index (χ0v) is 44.5. The summed E-state index contributed by atoms with van der Waals surface area (Å²) in [6.45, 7) is 12.1. The number of anilines is 1. The van der Waals surface area contributed by atoms with Crippen molar-refractivity contribution in [2.75, 3.05) is 31.2 Å². The topological polar surface area (TPSA) is 220 Å². The van der Waals surface area contributed by atoms with Crippen LogP contribution in [0.5, 0.6) is 5.75 Å². The van der Waals surface area contributed by atoms with Crippen molar-refractivity contribution >= 4 is 62.1 Å². The van der Waals surface area contributed by atoms with E-state index < -0.39 is 54.5 Å². The van der Waals surface area contributed by atoms with Crippen molar-refractivity contribution in [3.63, 3.8) is 0 Å². The minimum absolute atomic E-state index is 0. The Balaban J connectivity index is 0.00000512. The number of rotatable bonds is 19. The molecule has 1 N–H and O–H groups in total. The van der Waals surface area contributed by atoms with E-state index in [2.05, 4.69) is 0 Å². The summed E-state index contributed by atoms with van der Waals surface area (Å²) in [6.07, 6.45) is 7.01. The summed E-state index contributed by atoms with van der Waals surface area (Å²) in [5.74, 6) is -2.98. The number of hydrogen-bond donors (Lipinski definition) is 1. The van der Waals surface area contributed by atoms with Crippen LogP contribution < -0.4 is 112 Å². The molecule has 0 amide bonds. The van der Waals surface area contributed by atoms with Crippen LogP contribution in [0.15, 0.2) is 76.0 Å². The van der Waals surface area contributed by atoms with Crippen LogP contribution in [0.25, 0.3) is 0 Å². The van der Waals surface area contributed by atoms with Gasteiger partial charge < -0.3 is 32.8 Å². The van der Waals surface area contributed by atoms with Crippen LogP contribution in [-0.2, 0) is 61.0 Å². The molecule has 2 aliphatic heterocycles. The molecule has 0 spiro atoms. The van der Waals surface area contributed by atoms with Gasteiger partial charge in [0.1, 0.15) is 39.5 Å². The first kappa shape index (κ1) is 54.6. The van der Waals surface area contributed by atoms with Crippen LogP contribution >= 0.6 is 0 Å². The Bertz CT molecular complexity index is 2350. The number of nitrogens with zero attached hydrogens (tertiary/aromatic N) is 2. The van der Waals surface area contributed by atoms with Gasteiger partial charge in [-0.05, 0) is 95.3 Å². The molecular formula is C43H51K2N2O13S2+. The summed E-state index contributed by atoms with van der Waals surface area (Å²) in [5, 5.41) is 11.8. The molecule has 0 saturated heterocycles. The molecule has 5 rings (SSSR count). The standard InChI is InChI=1S/C43H52N2O13S2.2K/c1-7-56-37(46)15-11-9-13-21-44-33-19-17-27(58-59(51)52)23-31(33)42(3,4)35(44)25-29-39(48)30(41(50)40(29)49)26-36-43(5,6)32-24-28(60(53,54)55)18-20-34(32)45(36)22-14-10-12-16-38(47)57-8-2;;/h17-20,23-26H,7-16,21-22H2,1-6H3,(H2-,48,49,50,51,52,53,54,55);;/q;2*+1/p-1. The predicted octanol–water partition coefficient (Wildman–Crippen LogP) is -0.0332. The number of aliphatic hydroxyl groups is 1. The third-order valence-electron chi connectivity index (χ3n) is 11.1. The number of allylic oxidation sites excluding steroid dienone is 5. The predicted molar refractivity (Wildman–Crippen MR) is 220 cm³/mol. The average Bonchev–Trinajstić information content (AvgIpc) is 3.60. The van der Waals surface area contributed by atoms with Gasteiger partial charge >= 0.3 is 115 Å². The fraction of sp³-hybridized carbons (Fsp3) is 0.465. The average molecular weight is 946 g/mol. The zero-order valence-electron chi connectivity index (χ0n) is 36.7. The number of fused-ring (bicyclic) bond motifs is 2. The summed E-state index contributed by atoms with van der Waals surface area (Å²) in [5.41, 5.74) is 1.07. The van der Waals surface area contributed by atoms with Crippen LogP contribution in [0.1, 0.15) is 104 Å². The Morgan fingerprint density at radius 2 is 1.45 bits per heavy atom. The Hall–Kier alpha value is -1.70. The number of aliphatic hydroxyl groups excluding tert-OH is 1. The molecule has 0 aromatic heterocycles. The number of esters is 2. The first-order valence-corrected chi connectivity index (χ1v) is 22.4. The van der Waals surface area contributed by atoms with Gasteiger partial charge in [0.05, 0.1) is 34.7 Å². The number of hydrogen-bond acceptors (Lipinski definition) is 14. The third kappa shape index (κ3) is 12.4. The van der Waals surface area contributed by atoms with Crippen molar-refractivity contribution in [2.45, 2.75) is 109 Å². The van der Waals surface area contributed by atoms with Crippen molar-refractivity contribution in [3.8, 4) is 5.75 Å². The molecule has 1 aliphatic carbocycles. The molecule has 0 fully saturated rings. The van der Waals surface area contributed by atoms with E-state index in [4.69, 9.17) is 13.7 Å². The van der Waals surface area contributed by atoms with Gasteiger partial charge in [-0.1, -0.05) is 20.3 Å². The molecule has 2 aromatic carbocycles. The monoisotopic (exact) mass is 945 g/mol. The number of carbonyl (C=O) groups excluding carboxylic acids is 4. The fourth-order valence-corrected chi connectivity index (χ4v) is 8.80. The van der Waals surface area contributed by atoms with Gasteiger partial charge in [0.15, 0.2) is 5.71 Å². The van der Waals surface area contributed by atoms with Crippen molar-refractivity contribution in [3.05, 3.63) is 82.3 Å². The molecular weight excluding hydrogens is 895 g/mol. The summed E-state index contributed by atoms with van der Waals surface area (Å²) in [4.78, 5) is 53.0. The Morgan fingerprint density at radius 1 is 0.839 bits per heavy atom. The minimum atomic E-state index is -4.82. The van der Waals surface area contributed by atoms with Gasteiger partial charge in [-0.25, -0.2) is 12.6 Å². The number of ketones is 2. The van der Waals surface area contributed by atoms with Crippen LogP contribution in [0.4, 0.5) is 11.4 Å². The van der Waals surface area contributed by atoms with Crippen LogP contribution in [0.2, 0.25) is 0 Å². The number of unbranched alkanes of at least 4 members (excludes halogenated alkanes) is 4. The normalized spacial score (nSPS) is 18.1. The maximum Gasteiger partial charge on any atom is 1.00 e. The first-order valence-electron chi connectivity index (χ1n) is 20.0. The van der Waals surface area contributed by atoms with E-state index in [9.17, 15) is 46.0 Å². The molecule has 2 heterocycles.